The Bertz CT molecular complexity index is 294. The van der Waals surface area contributed by atoms with Crippen molar-refractivity contribution in [1.82, 2.24) is 4.98 Å². The Labute approximate surface area is 89.6 Å². The molecule has 0 spiro atoms. The molecule has 0 saturated carbocycles. The minimum Gasteiger partial charge on any atom is -0.481 e. The van der Waals surface area contributed by atoms with E-state index < -0.39 is 0 Å². The van der Waals surface area contributed by atoms with E-state index in [4.69, 9.17) is 15.2 Å². The topological polar surface area (TPSA) is 69.4 Å². The van der Waals surface area contributed by atoms with Crippen LogP contribution in [0.2, 0.25) is 0 Å². The lowest BCUT2D eigenvalue weighted by atomic mass is 10.3. The number of rotatable bonds is 6. The molecule has 0 aromatic carbocycles. The summed E-state index contributed by atoms with van der Waals surface area (Å²) in [5, 5.41) is 3.16. The first-order valence-corrected chi connectivity index (χ1v) is 4.76. The van der Waals surface area contributed by atoms with Gasteiger partial charge in [-0.1, -0.05) is 6.07 Å². The summed E-state index contributed by atoms with van der Waals surface area (Å²) in [6, 6.07) is 5.59. The maximum atomic E-state index is 5.58. The second kappa shape index (κ2) is 6.21. The molecule has 0 radical (unpaired) electrons. The summed E-state index contributed by atoms with van der Waals surface area (Å²) in [6.07, 6.45) is 0. The molecule has 1 rings (SSSR count). The summed E-state index contributed by atoms with van der Waals surface area (Å²) >= 11 is 0. The Morgan fingerprint density at radius 3 is 2.87 bits per heavy atom. The number of nitrogens with two attached hydrogens (primary N) is 1. The van der Waals surface area contributed by atoms with Crippen molar-refractivity contribution in [1.29, 1.82) is 0 Å². The summed E-state index contributed by atoms with van der Waals surface area (Å²) in [7, 11) is 3.23. The molecule has 1 unspecified atom stereocenters. The fourth-order valence-corrected chi connectivity index (χ4v) is 1.19. The fourth-order valence-electron chi connectivity index (χ4n) is 1.19. The zero-order valence-electron chi connectivity index (χ0n) is 9.06. The van der Waals surface area contributed by atoms with Crippen LogP contribution in [0.3, 0.4) is 0 Å². The smallest absolute Gasteiger partial charge is 0.214 e. The van der Waals surface area contributed by atoms with Gasteiger partial charge in [0, 0.05) is 19.7 Å². The summed E-state index contributed by atoms with van der Waals surface area (Å²) < 4.78 is 10.0. The van der Waals surface area contributed by atoms with Crippen molar-refractivity contribution < 1.29 is 9.47 Å². The van der Waals surface area contributed by atoms with Crippen molar-refractivity contribution in [3.05, 3.63) is 18.2 Å². The molecule has 0 aliphatic heterocycles. The van der Waals surface area contributed by atoms with Crippen LogP contribution < -0.4 is 15.8 Å². The summed E-state index contributed by atoms with van der Waals surface area (Å²) in [6.45, 7) is 1.04. The maximum Gasteiger partial charge on any atom is 0.214 e. The zero-order chi connectivity index (χ0) is 11.1. The predicted molar refractivity (Wildman–Crippen MR) is 59.1 cm³/mol. The van der Waals surface area contributed by atoms with Gasteiger partial charge < -0.3 is 20.5 Å². The Hall–Kier alpha value is -1.33. The monoisotopic (exact) mass is 211 g/mol. The van der Waals surface area contributed by atoms with Crippen molar-refractivity contribution >= 4 is 5.82 Å². The Kier molecular flexibility index (Phi) is 4.86. The van der Waals surface area contributed by atoms with Crippen LogP contribution in [-0.4, -0.2) is 38.4 Å². The van der Waals surface area contributed by atoms with Crippen molar-refractivity contribution in [3.8, 4) is 5.88 Å². The van der Waals surface area contributed by atoms with Crippen LogP contribution in [0.5, 0.6) is 5.88 Å². The Morgan fingerprint density at radius 2 is 2.27 bits per heavy atom. The number of nitrogens with one attached hydrogen (secondary N) is 1. The molecule has 1 aromatic rings. The largest absolute Gasteiger partial charge is 0.481 e. The molecule has 1 heterocycles. The van der Waals surface area contributed by atoms with Crippen molar-refractivity contribution in [2.75, 3.05) is 32.7 Å². The predicted octanol–water partition coefficient (Wildman–Crippen LogP) is 0.476. The highest BCUT2D eigenvalue weighted by molar-refractivity contribution is 5.38. The molecule has 0 fully saturated rings. The molecule has 1 aromatic heterocycles. The van der Waals surface area contributed by atoms with Crippen LogP contribution in [0.4, 0.5) is 5.82 Å². The number of anilines is 1. The molecule has 0 aliphatic rings. The van der Waals surface area contributed by atoms with Crippen LogP contribution in [0.1, 0.15) is 0 Å². The van der Waals surface area contributed by atoms with E-state index in [0.717, 1.165) is 5.82 Å². The average Bonchev–Trinajstić information content (AvgIpc) is 2.29. The van der Waals surface area contributed by atoms with Gasteiger partial charge in [0.05, 0.1) is 19.8 Å². The number of methoxy groups -OCH3 is 2. The van der Waals surface area contributed by atoms with Gasteiger partial charge in [0.25, 0.3) is 0 Å². The van der Waals surface area contributed by atoms with E-state index in [1.54, 1.807) is 20.3 Å². The highest BCUT2D eigenvalue weighted by Crippen LogP contribution is 2.11. The molecule has 84 valence electrons. The third-order valence-corrected chi connectivity index (χ3v) is 1.94. The first-order chi connectivity index (χ1) is 7.30. The zero-order valence-corrected chi connectivity index (χ0v) is 9.06. The molecular weight excluding hydrogens is 194 g/mol. The highest BCUT2D eigenvalue weighted by Gasteiger charge is 2.06. The lowest BCUT2D eigenvalue weighted by molar-refractivity contribution is 0.187. The van der Waals surface area contributed by atoms with Crippen LogP contribution in [-0.2, 0) is 4.74 Å². The molecule has 0 bridgehead atoms. The van der Waals surface area contributed by atoms with Crippen LogP contribution in [0, 0.1) is 0 Å². The van der Waals surface area contributed by atoms with Crippen LogP contribution >= 0.6 is 0 Å². The number of hydrogen-bond acceptors (Lipinski definition) is 5. The summed E-state index contributed by atoms with van der Waals surface area (Å²) in [5.74, 6) is 1.31. The number of ether oxygens (including phenoxy) is 2. The molecule has 3 N–H and O–H groups in total. The maximum absolute atomic E-state index is 5.58. The van der Waals surface area contributed by atoms with E-state index in [0.29, 0.717) is 19.0 Å². The summed E-state index contributed by atoms with van der Waals surface area (Å²) in [5.41, 5.74) is 5.58. The third-order valence-electron chi connectivity index (χ3n) is 1.94. The Morgan fingerprint density at radius 1 is 1.47 bits per heavy atom. The van der Waals surface area contributed by atoms with E-state index in [1.807, 2.05) is 12.1 Å². The molecule has 0 amide bonds. The van der Waals surface area contributed by atoms with E-state index in [-0.39, 0.29) is 6.04 Å². The van der Waals surface area contributed by atoms with Gasteiger partial charge >= 0.3 is 0 Å². The van der Waals surface area contributed by atoms with Gasteiger partial charge in [0.15, 0.2) is 0 Å². The molecule has 1 atom stereocenters. The molecule has 5 heteroatoms. The van der Waals surface area contributed by atoms with Gasteiger partial charge in [-0.05, 0) is 6.07 Å². The van der Waals surface area contributed by atoms with E-state index >= 15 is 0 Å². The van der Waals surface area contributed by atoms with Crippen LogP contribution in [0.25, 0.3) is 0 Å². The van der Waals surface area contributed by atoms with Gasteiger partial charge in [-0.2, -0.15) is 4.98 Å². The summed E-state index contributed by atoms with van der Waals surface area (Å²) in [4.78, 5) is 4.22. The molecule has 0 aliphatic carbocycles. The van der Waals surface area contributed by atoms with Crippen molar-refractivity contribution in [3.63, 3.8) is 0 Å². The standard InChI is InChI=1S/C10H17N3O2/c1-14-7-8(6-11)12-9-4-3-5-10(13-9)15-2/h3-5,8H,6-7,11H2,1-2H3,(H,12,13). The second-order valence-electron chi connectivity index (χ2n) is 3.10. The average molecular weight is 211 g/mol. The number of pyridine rings is 1. The Balaban J connectivity index is 2.61. The van der Waals surface area contributed by atoms with Crippen LogP contribution in [0.15, 0.2) is 18.2 Å². The normalized spacial score (nSPS) is 12.2. The minimum absolute atomic E-state index is 0.0645. The lowest BCUT2D eigenvalue weighted by Gasteiger charge is -2.16. The fraction of sp³-hybridized carbons (Fsp3) is 0.500. The van der Waals surface area contributed by atoms with Gasteiger partial charge in [0.2, 0.25) is 5.88 Å². The van der Waals surface area contributed by atoms with Crippen molar-refractivity contribution in [2.24, 2.45) is 5.73 Å². The minimum atomic E-state index is 0.0645. The van der Waals surface area contributed by atoms with Gasteiger partial charge in [-0.15, -0.1) is 0 Å². The first kappa shape index (κ1) is 11.7. The van der Waals surface area contributed by atoms with Gasteiger partial charge in [-0.25, -0.2) is 0 Å². The molecule has 15 heavy (non-hydrogen) atoms. The second-order valence-corrected chi connectivity index (χ2v) is 3.10. The van der Waals surface area contributed by atoms with E-state index in [9.17, 15) is 0 Å². The lowest BCUT2D eigenvalue weighted by Crippen LogP contribution is -2.33. The van der Waals surface area contributed by atoms with E-state index in [2.05, 4.69) is 10.3 Å². The number of nitrogens with zero attached hydrogens (tertiary/aromatic N) is 1. The van der Waals surface area contributed by atoms with E-state index in [1.165, 1.54) is 0 Å². The quantitative estimate of drug-likeness (QED) is 0.716. The van der Waals surface area contributed by atoms with Gasteiger partial charge in [-0.3, -0.25) is 0 Å². The SMILES string of the molecule is COCC(CN)Nc1cccc(OC)n1. The first-order valence-electron chi connectivity index (χ1n) is 4.76. The van der Waals surface area contributed by atoms with Gasteiger partial charge in [0.1, 0.15) is 5.82 Å². The third kappa shape index (κ3) is 3.73. The number of aromatic nitrogens is 1. The number of hydrogen-bond donors (Lipinski definition) is 2. The molecular formula is C10H17N3O2. The van der Waals surface area contributed by atoms with Crippen molar-refractivity contribution in [2.45, 2.75) is 6.04 Å². The highest BCUT2D eigenvalue weighted by atomic mass is 16.5. The molecule has 0 saturated heterocycles. The molecule has 5 nitrogen and oxygen atoms in total.